The van der Waals surface area contributed by atoms with Crippen molar-refractivity contribution in [3.05, 3.63) is 24.3 Å². The molecule has 9 heteroatoms. The van der Waals surface area contributed by atoms with E-state index in [9.17, 15) is 16.8 Å². The summed E-state index contributed by atoms with van der Waals surface area (Å²) in [6.45, 7) is 6.64. The van der Waals surface area contributed by atoms with E-state index in [-0.39, 0.29) is 28.3 Å². The minimum Gasteiger partial charge on any atom is -0.326 e. The van der Waals surface area contributed by atoms with Gasteiger partial charge in [-0.2, -0.15) is 8.61 Å². The highest BCUT2D eigenvalue weighted by Gasteiger charge is 2.36. The molecule has 24 heavy (non-hydrogen) atoms. The predicted molar refractivity (Wildman–Crippen MR) is 92.4 cm³/mol. The third kappa shape index (κ3) is 3.50. The second kappa shape index (κ2) is 7.09. The molecule has 1 aromatic carbocycles. The van der Waals surface area contributed by atoms with Crippen LogP contribution in [0.25, 0.3) is 0 Å². The summed E-state index contributed by atoms with van der Waals surface area (Å²) in [6, 6.07) is 5.33. The average molecular weight is 376 g/mol. The van der Waals surface area contributed by atoms with Crippen LogP contribution >= 0.6 is 0 Å². The summed E-state index contributed by atoms with van der Waals surface area (Å²) in [4.78, 5) is -0.0270. The van der Waals surface area contributed by atoms with Gasteiger partial charge in [-0.05, 0) is 24.1 Å². The van der Waals surface area contributed by atoms with Gasteiger partial charge < -0.3 is 5.73 Å². The molecule has 136 valence electrons. The molecular formula is C15H25N3O4S2. The minimum absolute atomic E-state index is 0.0104. The molecule has 1 saturated heterocycles. The van der Waals surface area contributed by atoms with Gasteiger partial charge in [-0.1, -0.05) is 26.8 Å². The molecule has 0 bridgehead atoms. The van der Waals surface area contributed by atoms with Crippen molar-refractivity contribution in [1.29, 1.82) is 0 Å². The Morgan fingerprint density at radius 3 is 2.21 bits per heavy atom. The maximum Gasteiger partial charge on any atom is 0.243 e. The van der Waals surface area contributed by atoms with Gasteiger partial charge in [0.15, 0.2) is 0 Å². The molecule has 2 atom stereocenters. The normalized spacial score (nSPS) is 23.0. The molecule has 0 aliphatic carbocycles. The molecule has 1 fully saturated rings. The molecule has 1 aromatic rings. The standard InChI is InChI=1S/C15H25N3O4S2/c1-4-17(5-2)23(19,20)13-7-6-8-14(9-13)24(21,22)18-10-12(3)15(16)11-18/h6-9,12,15H,4-5,10-11,16H2,1-3H3. The van der Waals surface area contributed by atoms with Crippen molar-refractivity contribution in [1.82, 2.24) is 8.61 Å². The molecular weight excluding hydrogens is 350 g/mol. The van der Waals surface area contributed by atoms with E-state index in [1.807, 2.05) is 6.92 Å². The number of hydrogen-bond donors (Lipinski definition) is 1. The molecule has 1 heterocycles. The number of nitrogens with zero attached hydrogens (tertiary/aromatic N) is 2. The zero-order valence-corrected chi connectivity index (χ0v) is 15.8. The van der Waals surface area contributed by atoms with Crippen LogP contribution in [0.5, 0.6) is 0 Å². The molecule has 0 aromatic heterocycles. The third-order valence-corrected chi connectivity index (χ3v) is 8.30. The molecule has 7 nitrogen and oxygen atoms in total. The molecule has 2 rings (SSSR count). The summed E-state index contributed by atoms with van der Waals surface area (Å²) in [5, 5.41) is 0. The number of sulfonamides is 2. The summed E-state index contributed by atoms with van der Waals surface area (Å²) in [7, 11) is -7.46. The lowest BCUT2D eigenvalue weighted by molar-refractivity contribution is 0.445. The molecule has 0 spiro atoms. The fraction of sp³-hybridized carbons (Fsp3) is 0.600. The average Bonchev–Trinajstić information content (AvgIpc) is 2.88. The Morgan fingerprint density at radius 1 is 1.12 bits per heavy atom. The zero-order chi connectivity index (χ0) is 18.1. The lowest BCUT2D eigenvalue weighted by Crippen LogP contribution is -2.33. The molecule has 0 saturated carbocycles. The topological polar surface area (TPSA) is 101 Å². The fourth-order valence-corrected chi connectivity index (χ4v) is 6.00. The van der Waals surface area contributed by atoms with Crippen molar-refractivity contribution in [2.24, 2.45) is 11.7 Å². The van der Waals surface area contributed by atoms with Gasteiger partial charge in [-0.15, -0.1) is 0 Å². The van der Waals surface area contributed by atoms with Crippen LogP contribution in [0.4, 0.5) is 0 Å². The third-order valence-electron chi connectivity index (χ3n) is 4.42. The molecule has 1 aliphatic heterocycles. The number of benzene rings is 1. The van der Waals surface area contributed by atoms with Crippen LogP contribution in [0.3, 0.4) is 0 Å². The Labute approximate surface area is 144 Å². The summed E-state index contributed by atoms with van der Waals surface area (Å²) in [5.41, 5.74) is 5.91. The van der Waals surface area contributed by atoms with Gasteiger partial charge in [0.05, 0.1) is 9.79 Å². The SMILES string of the molecule is CCN(CC)S(=O)(=O)c1cccc(S(=O)(=O)N2CC(C)C(N)C2)c1. The van der Waals surface area contributed by atoms with Crippen LogP contribution in [0.1, 0.15) is 20.8 Å². The Bertz CT molecular complexity index is 779. The highest BCUT2D eigenvalue weighted by molar-refractivity contribution is 7.90. The monoisotopic (exact) mass is 375 g/mol. The Hall–Kier alpha value is -1.00. The summed E-state index contributed by atoms with van der Waals surface area (Å²) in [6.07, 6.45) is 0. The van der Waals surface area contributed by atoms with Crippen LogP contribution in [0.2, 0.25) is 0 Å². The van der Waals surface area contributed by atoms with Gasteiger partial charge in [-0.25, -0.2) is 16.8 Å². The van der Waals surface area contributed by atoms with E-state index in [0.29, 0.717) is 19.6 Å². The van der Waals surface area contributed by atoms with Crippen LogP contribution in [0, 0.1) is 5.92 Å². The predicted octanol–water partition coefficient (Wildman–Crippen LogP) is 0.685. The van der Waals surface area contributed by atoms with E-state index in [1.54, 1.807) is 13.8 Å². The molecule has 0 amide bonds. The number of hydrogen-bond acceptors (Lipinski definition) is 5. The largest absolute Gasteiger partial charge is 0.326 e. The van der Waals surface area contributed by atoms with Gasteiger partial charge >= 0.3 is 0 Å². The first-order valence-corrected chi connectivity index (χ1v) is 10.9. The van der Waals surface area contributed by atoms with Crippen LogP contribution in [-0.2, 0) is 20.0 Å². The summed E-state index contributed by atoms with van der Waals surface area (Å²) >= 11 is 0. The minimum atomic E-state index is -3.76. The van der Waals surface area contributed by atoms with E-state index < -0.39 is 20.0 Å². The van der Waals surface area contributed by atoms with E-state index in [1.165, 1.54) is 32.9 Å². The quantitative estimate of drug-likeness (QED) is 0.788. The first kappa shape index (κ1) is 19.3. The highest BCUT2D eigenvalue weighted by Crippen LogP contribution is 2.26. The fourth-order valence-electron chi connectivity index (χ4n) is 2.80. The van der Waals surface area contributed by atoms with Gasteiger partial charge in [-0.3, -0.25) is 0 Å². The van der Waals surface area contributed by atoms with Crippen molar-refractivity contribution in [3.8, 4) is 0 Å². The van der Waals surface area contributed by atoms with Crippen molar-refractivity contribution in [2.45, 2.75) is 36.6 Å². The Balaban J connectivity index is 2.41. The maximum atomic E-state index is 12.8. The second-order valence-corrected chi connectivity index (χ2v) is 9.90. The van der Waals surface area contributed by atoms with Crippen molar-refractivity contribution in [3.63, 3.8) is 0 Å². The van der Waals surface area contributed by atoms with Crippen molar-refractivity contribution in [2.75, 3.05) is 26.2 Å². The summed E-state index contributed by atoms with van der Waals surface area (Å²) in [5.74, 6) is 0.0716. The van der Waals surface area contributed by atoms with E-state index in [2.05, 4.69) is 0 Å². The van der Waals surface area contributed by atoms with Gasteiger partial charge in [0.25, 0.3) is 0 Å². The van der Waals surface area contributed by atoms with E-state index in [4.69, 9.17) is 5.73 Å². The maximum absolute atomic E-state index is 12.8. The lowest BCUT2D eigenvalue weighted by atomic mass is 10.1. The van der Waals surface area contributed by atoms with Crippen LogP contribution < -0.4 is 5.73 Å². The first-order chi connectivity index (χ1) is 11.1. The Morgan fingerprint density at radius 2 is 1.71 bits per heavy atom. The smallest absolute Gasteiger partial charge is 0.243 e. The van der Waals surface area contributed by atoms with Crippen molar-refractivity contribution >= 4 is 20.0 Å². The number of rotatable bonds is 6. The summed E-state index contributed by atoms with van der Waals surface area (Å²) < 4.78 is 53.4. The first-order valence-electron chi connectivity index (χ1n) is 8.00. The number of nitrogens with two attached hydrogens (primary N) is 1. The molecule has 2 N–H and O–H groups in total. The molecule has 1 aliphatic rings. The molecule has 2 unspecified atom stereocenters. The van der Waals surface area contributed by atoms with E-state index >= 15 is 0 Å². The van der Waals surface area contributed by atoms with Crippen molar-refractivity contribution < 1.29 is 16.8 Å². The van der Waals surface area contributed by atoms with Gasteiger partial charge in [0.1, 0.15) is 0 Å². The van der Waals surface area contributed by atoms with Gasteiger partial charge in [0.2, 0.25) is 20.0 Å². The lowest BCUT2D eigenvalue weighted by Gasteiger charge is -2.20. The van der Waals surface area contributed by atoms with E-state index in [0.717, 1.165) is 0 Å². The highest BCUT2D eigenvalue weighted by atomic mass is 32.2. The van der Waals surface area contributed by atoms with Crippen LogP contribution in [-0.4, -0.2) is 57.7 Å². The Kier molecular flexibility index (Phi) is 5.71. The zero-order valence-electron chi connectivity index (χ0n) is 14.2. The molecule has 0 radical (unpaired) electrons. The van der Waals surface area contributed by atoms with Crippen LogP contribution in [0.15, 0.2) is 34.1 Å². The second-order valence-electron chi connectivity index (χ2n) is 6.03. The van der Waals surface area contributed by atoms with Gasteiger partial charge in [0, 0.05) is 32.2 Å².